The molecule has 1 aromatic carbocycles. The summed E-state index contributed by atoms with van der Waals surface area (Å²) in [4.78, 5) is 12.3. The van der Waals surface area contributed by atoms with Crippen molar-refractivity contribution in [1.82, 2.24) is 19.4 Å². The lowest BCUT2D eigenvalue weighted by Gasteiger charge is -2.34. The molecule has 1 atom stereocenters. The lowest BCUT2D eigenvalue weighted by atomic mass is 9.92. The molecule has 0 aliphatic carbocycles. The van der Waals surface area contributed by atoms with Gasteiger partial charge in [0, 0.05) is 24.4 Å². The first kappa shape index (κ1) is 23.6. The predicted octanol–water partition coefficient (Wildman–Crippen LogP) is 4.22. The molecule has 0 amide bonds. The van der Waals surface area contributed by atoms with Gasteiger partial charge in [0.15, 0.2) is 29.8 Å². The SMILES string of the molecule is Cc1cc(COc2cnc(C(F)=Cc3cc(F)c(F)c(C4(C)CSN(C)C(N)=N4)c3)cn2)on1. The first-order valence-corrected chi connectivity index (χ1v) is 11.0. The summed E-state index contributed by atoms with van der Waals surface area (Å²) in [5, 5.41) is 3.75. The fourth-order valence-corrected chi connectivity index (χ4v) is 4.07. The third-order valence-electron chi connectivity index (χ3n) is 5.06. The van der Waals surface area contributed by atoms with Crippen LogP contribution in [-0.4, -0.2) is 38.2 Å². The summed E-state index contributed by atoms with van der Waals surface area (Å²) in [6.45, 7) is 3.51. The quantitative estimate of drug-likeness (QED) is 0.513. The van der Waals surface area contributed by atoms with Gasteiger partial charge in [0.25, 0.3) is 0 Å². The second kappa shape index (κ2) is 9.37. The standard InChI is InChI=1S/C22H21F3N6O2S/c1-12-4-14(33-30-12)10-32-19-9-27-18(8-28-19)16(23)6-13-5-15(20(25)17(24)7-13)22(2)11-34-31(3)21(26)29-22/h4-9H,10-11H2,1-3H3,(H2,26,29). The van der Waals surface area contributed by atoms with Crippen LogP contribution in [0.25, 0.3) is 11.9 Å². The lowest BCUT2D eigenvalue weighted by Crippen LogP contribution is -2.40. The van der Waals surface area contributed by atoms with Crippen LogP contribution in [0.1, 0.15) is 35.2 Å². The average molecular weight is 491 g/mol. The van der Waals surface area contributed by atoms with E-state index >= 15 is 0 Å². The molecule has 3 aromatic rings. The zero-order valence-electron chi connectivity index (χ0n) is 18.6. The summed E-state index contributed by atoms with van der Waals surface area (Å²) >= 11 is 1.32. The van der Waals surface area contributed by atoms with E-state index < -0.39 is 23.0 Å². The summed E-state index contributed by atoms with van der Waals surface area (Å²) in [7, 11) is 1.72. The van der Waals surface area contributed by atoms with Crippen molar-refractivity contribution in [3.05, 3.63) is 70.5 Å². The van der Waals surface area contributed by atoms with Crippen molar-refractivity contribution in [3.8, 4) is 5.88 Å². The molecule has 3 heterocycles. The van der Waals surface area contributed by atoms with Gasteiger partial charge >= 0.3 is 0 Å². The minimum absolute atomic E-state index is 0.0208. The highest BCUT2D eigenvalue weighted by atomic mass is 32.2. The number of guanidine groups is 1. The van der Waals surface area contributed by atoms with Crippen LogP contribution in [0.15, 0.2) is 40.1 Å². The monoisotopic (exact) mass is 490 g/mol. The number of ether oxygens (including phenoxy) is 1. The average Bonchev–Trinajstić information content (AvgIpc) is 3.23. The highest BCUT2D eigenvalue weighted by Gasteiger charge is 2.35. The molecule has 12 heteroatoms. The summed E-state index contributed by atoms with van der Waals surface area (Å²) < 4.78 is 56.0. The van der Waals surface area contributed by atoms with E-state index in [4.69, 9.17) is 15.0 Å². The van der Waals surface area contributed by atoms with E-state index in [2.05, 4.69) is 20.1 Å². The Hall–Kier alpha value is -3.54. The third kappa shape index (κ3) is 5.01. The zero-order valence-corrected chi connectivity index (χ0v) is 19.4. The Kier molecular flexibility index (Phi) is 6.51. The molecule has 2 aromatic heterocycles. The van der Waals surface area contributed by atoms with Crippen LogP contribution in [0.2, 0.25) is 0 Å². The highest BCUT2D eigenvalue weighted by molar-refractivity contribution is 7.97. The maximum Gasteiger partial charge on any atom is 0.232 e. The molecule has 0 spiro atoms. The predicted molar refractivity (Wildman–Crippen MR) is 122 cm³/mol. The van der Waals surface area contributed by atoms with Crippen LogP contribution in [0.4, 0.5) is 13.2 Å². The number of hydrogen-bond donors (Lipinski definition) is 1. The normalized spacial score (nSPS) is 18.7. The van der Waals surface area contributed by atoms with E-state index in [9.17, 15) is 13.2 Å². The maximum absolute atomic E-state index is 14.8. The number of halogens is 3. The van der Waals surface area contributed by atoms with Gasteiger partial charge in [0.1, 0.15) is 11.2 Å². The summed E-state index contributed by atoms with van der Waals surface area (Å²) in [6.07, 6.45) is 3.47. The molecule has 1 unspecified atom stereocenters. The molecule has 178 valence electrons. The number of nitrogens with zero attached hydrogens (tertiary/aromatic N) is 5. The second-order valence-corrected chi connectivity index (χ2v) is 8.93. The van der Waals surface area contributed by atoms with Crippen LogP contribution < -0.4 is 10.5 Å². The minimum Gasteiger partial charge on any atom is -0.468 e. The van der Waals surface area contributed by atoms with Crippen molar-refractivity contribution in [2.75, 3.05) is 12.8 Å². The van der Waals surface area contributed by atoms with Crippen molar-refractivity contribution < 1.29 is 22.4 Å². The van der Waals surface area contributed by atoms with Gasteiger partial charge < -0.3 is 15.0 Å². The Morgan fingerprint density at radius 1 is 1.29 bits per heavy atom. The largest absolute Gasteiger partial charge is 0.468 e. The zero-order chi connectivity index (χ0) is 24.5. The van der Waals surface area contributed by atoms with Gasteiger partial charge in [-0.2, -0.15) is 0 Å². The number of hydrogen-bond acceptors (Lipinski definition) is 9. The lowest BCUT2D eigenvalue weighted by molar-refractivity contribution is 0.240. The second-order valence-electron chi connectivity index (χ2n) is 7.83. The van der Waals surface area contributed by atoms with Gasteiger partial charge in [-0.3, -0.25) is 4.31 Å². The molecule has 1 aliphatic heterocycles. The van der Waals surface area contributed by atoms with Gasteiger partial charge in [0.05, 0.1) is 18.1 Å². The fraction of sp³-hybridized carbons (Fsp3) is 0.273. The van der Waals surface area contributed by atoms with E-state index in [-0.39, 0.29) is 35.3 Å². The Bertz CT molecular complexity index is 1260. The summed E-state index contributed by atoms with van der Waals surface area (Å²) in [5.74, 6) is -1.78. The van der Waals surface area contributed by atoms with Crippen LogP contribution in [-0.2, 0) is 12.1 Å². The number of rotatable bonds is 6. The third-order valence-corrected chi connectivity index (χ3v) is 6.32. The van der Waals surface area contributed by atoms with Crippen molar-refractivity contribution >= 4 is 29.8 Å². The van der Waals surface area contributed by atoms with Crippen LogP contribution in [0.3, 0.4) is 0 Å². The van der Waals surface area contributed by atoms with E-state index in [1.165, 1.54) is 30.4 Å². The number of benzene rings is 1. The van der Waals surface area contributed by atoms with Gasteiger partial charge in [0.2, 0.25) is 11.8 Å². The van der Waals surface area contributed by atoms with Crippen molar-refractivity contribution in [2.45, 2.75) is 26.0 Å². The van der Waals surface area contributed by atoms with Crippen LogP contribution in [0, 0.1) is 18.6 Å². The van der Waals surface area contributed by atoms with Gasteiger partial charge in [-0.25, -0.2) is 28.1 Å². The molecule has 0 saturated heterocycles. The molecule has 0 radical (unpaired) electrons. The number of aryl methyl sites for hydroxylation is 1. The van der Waals surface area contributed by atoms with Gasteiger partial charge in [-0.1, -0.05) is 5.16 Å². The van der Waals surface area contributed by atoms with Crippen molar-refractivity contribution in [2.24, 2.45) is 10.7 Å². The Morgan fingerprint density at radius 2 is 2.09 bits per heavy atom. The maximum atomic E-state index is 14.8. The van der Waals surface area contributed by atoms with Crippen molar-refractivity contribution in [3.63, 3.8) is 0 Å². The molecular formula is C22H21F3N6O2S. The molecule has 0 saturated carbocycles. The van der Waals surface area contributed by atoms with E-state index in [1.807, 2.05) is 0 Å². The van der Waals surface area contributed by atoms with Crippen LogP contribution >= 0.6 is 11.9 Å². The number of aliphatic imine (C=N–C) groups is 1. The summed E-state index contributed by atoms with van der Waals surface area (Å²) in [5.41, 5.74) is 5.46. The first-order valence-electron chi connectivity index (χ1n) is 10.1. The first-order chi connectivity index (χ1) is 16.1. The topological polar surface area (TPSA) is 103 Å². The fourth-order valence-electron chi connectivity index (χ4n) is 3.23. The summed E-state index contributed by atoms with van der Waals surface area (Å²) in [6, 6.07) is 3.97. The molecule has 0 bridgehead atoms. The van der Waals surface area contributed by atoms with E-state index in [0.29, 0.717) is 17.2 Å². The molecule has 1 aliphatic rings. The Labute approximate surface area is 197 Å². The Balaban J connectivity index is 1.55. The van der Waals surface area contributed by atoms with E-state index in [1.54, 1.807) is 31.3 Å². The molecule has 0 fully saturated rings. The number of nitrogens with two attached hydrogens (primary N) is 1. The molecule has 4 rings (SSSR count). The highest BCUT2D eigenvalue weighted by Crippen LogP contribution is 2.37. The molecule has 8 nitrogen and oxygen atoms in total. The molecule has 34 heavy (non-hydrogen) atoms. The molecule has 2 N–H and O–H groups in total. The van der Waals surface area contributed by atoms with Gasteiger partial charge in [-0.05, 0) is 49.6 Å². The van der Waals surface area contributed by atoms with Gasteiger partial charge in [-0.15, -0.1) is 0 Å². The Morgan fingerprint density at radius 3 is 2.74 bits per heavy atom. The molecular weight excluding hydrogens is 469 g/mol. The number of aromatic nitrogens is 3. The van der Waals surface area contributed by atoms with Crippen LogP contribution in [0.5, 0.6) is 5.88 Å². The minimum atomic E-state index is -1.12. The smallest absolute Gasteiger partial charge is 0.232 e. The van der Waals surface area contributed by atoms with Crippen molar-refractivity contribution in [1.29, 1.82) is 0 Å². The van der Waals surface area contributed by atoms with E-state index in [0.717, 1.165) is 12.1 Å².